The predicted molar refractivity (Wildman–Crippen MR) is 84.9 cm³/mol. The van der Waals surface area contributed by atoms with Gasteiger partial charge in [0, 0.05) is 31.8 Å². The van der Waals surface area contributed by atoms with Crippen LogP contribution in [0.15, 0.2) is 53.9 Å². The van der Waals surface area contributed by atoms with Gasteiger partial charge < -0.3 is 9.47 Å². The minimum Gasteiger partial charge on any atom is -0.446 e. The van der Waals surface area contributed by atoms with Crippen molar-refractivity contribution in [1.29, 1.82) is 0 Å². The lowest BCUT2D eigenvalue weighted by atomic mass is 10.2. The molecule has 1 unspecified atom stereocenters. The van der Waals surface area contributed by atoms with Gasteiger partial charge in [0.1, 0.15) is 5.75 Å². The normalized spacial score (nSPS) is 16.3. The van der Waals surface area contributed by atoms with Gasteiger partial charge in [0.15, 0.2) is 0 Å². The van der Waals surface area contributed by atoms with Crippen molar-refractivity contribution in [2.75, 3.05) is 0 Å². The van der Waals surface area contributed by atoms with E-state index in [0.717, 1.165) is 5.56 Å². The summed E-state index contributed by atoms with van der Waals surface area (Å²) < 4.78 is 11.0. The smallest absolute Gasteiger partial charge is 0.308 e. The Balaban J connectivity index is 1.97. The Kier molecular flexibility index (Phi) is 4.24. The molecule has 7 heteroatoms. The van der Waals surface area contributed by atoms with Gasteiger partial charge in [-0.2, -0.15) is 5.01 Å². The van der Waals surface area contributed by atoms with Crippen LogP contribution in [0.4, 0.5) is 0 Å². The van der Waals surface area contributed by atoms with Gasteiger partial charge in [0.25, 0.3) is 0 Å². The second kappa shape index (κ2) is 6.49. The van der Waals surface area contributed by atoms with Gasteiger partial charge in [0.2, 0.25) is 18.0 Å². The van der Waals surface area contributed by atoms with E-state index in [1.807, 2.05) is 0 Å². The van der Waals surface area contributed by atoms with Gasteiger partial charge in [-0.1, -0.05) is 12.1 Å². The number of hydrazone groups is 1. The van der Waals surface area contributed by atoms with Gasteiger partial charge in [-0.15, -0.1) is 5.10 Å². The van der Waals surface area contributed by atoms with E-state index in [-0.39, 0.29) is 11.8 Å². The van der Waals surface area contributed by atoms with Gasteiger partial charge in [-0.3, -0.25) is 14.6 Å². The number of carbonyl (C=O) groups excluding carboxylic acids is 2. The molecule has 0 aliphatic carbocycles. The van der Waals surface area contributed by atoms with Crippen LogP contribution in [0.25, 0.3) is 0 Å². The van der Waals surface area contributed by atoms with Crippen molar-refractivity contribution in [3.8, 4) is 5.75 Å². The molecule has 2 aromatic rings. The zero-order valence-corrected chi connectivity index (χ0v) is 13.2. The maximum absolute atomic E-state index is 11.9. The van der Waals surface area contributed by atoms with Crippen LogP contribution < -0.4 is 4.74 Å². The third kappa shape index (κ3) is 3.10. The molecule has 0 saturated heterocycles. The highest BCUT2D eigenvalue weighted by molar-refractivity contribution is 5.99. The van der Waals surface area contributed by atoms with Crippen molar-refractivity contribution >= 4 is 17.8 Å². The summed E-state index contributed by atoms with van der Waals surface area (Å²) in [6.45, 7) is 2.72. The highest BCUT2D eigenvalue weighted by Crippen LogP contribution is 2.32. The van der Waals surface area contributed by atoms with Crippen LogP contribution in [0.2, 0.25) is 0 Å². The van der Waals surface area contributed by atoms with Crippen LogP contribution in [-0.2, 0) is 14.3 Å². The third-order valence-electron chi connectivity index (χ3n) is 3.33. The molecule has 1 aromatic carbocycles. The molecule has 0 bridgehead atoms. The molecular weight excluding hydrogens is 310 g/mol. The number of aromatic nitrogens is 1. The van der Waals surface area contributed by atoms with E-state index in [4.69, 9.17) is 9.47 Å². The minimum atomic E-state index is -0.689. The summed E-state index contributed by atoms with van der Waals surface area (Å²) in [6.07, 6.45) is 2.54. The zero-order valence-electron chi connectivity index (χ0n) is 13.2. The molecule has 0 N–H and O–H groups in total. The fourth-order valence-corrected chi connectivity index (χ4v) is 2.31. The standard InChI is InChI=1S/C17H15N3O4/c1-11(21)20-17(13-7-9-18-10-8-13)24-16(19-20)14-5-3-4-6-15(14)23-12(2)22/h3-10,17H,1-2H3. The van der Waals surface area contributed by atoms with Crippen LogP contribution in [0, 0.1) is 0 Å². The molecule has 1 atom stereocenters. The highest BCUT2D eigenvalue weighted by atomic mass is 16.5. The summed E-state index contributed by atoms with van der Waals surface area (Å²) in [5.41, 5.74) is 1.24. The fourth-order valence-electron chi connectivity index (χ4n) is 2.31. The molecule has 7 nitrogen and oxygen atoms in total. The Hall–Kier alpha value is -3.22. The van der Waals surface area contributed by atoms with E-state index in [1.165, 1.54) is 18.9 Å². The number of carbonyl (C=O) groups is 2. The Morgan fingerprint density at radius 1 is 1.12 bits per heavy atom. The molecule has 24 heavy (non-hydrogen) atoms. The first-order chi connectivity index (χ1) is 11.6. The molecule has 3 rings (SSSR count). The molecule has 0 fully saturated rings. The second-order valence-corrected chi connectivity index (χ2v) is 5.11. The maximum atomic E-state index is 11.9. The molecule has 0 spiro atoms. The quantitative estimate of drug-likeness (QED) is 0.638. The highest BCUT2D eigenvalue weighted by Gasteiger charge is 2.34. The SMILES string of the molecule is CC(=O)Oc1ccccc1C1=NN(C(C)=O)C(c2ccncc2)O1. The number of pyridine rings is 1. The molecule has 2 heterocycles. The molecule has 0 saturated carbocycles. The summed E-state index contributed by atoms with van der Waals surface area (Å²) in [4.78, 5) is 27.1. The number of benzene rings is 1. The van der Waals surface area contributed by atoms with Crippen molar-refractivity contribution < 1.29 is 19.1 Å². The summed E-state index contributed by atoms with van der Waals surface area (Å²) >= 11 is 0. The maximum Gasteiger partial charge on any atom is 0.308 e. The number of hydrogen-bond donors (Lipinski definition) is 0. The van der Waals surface area contributed by atoms with Gasteiger partial charge in [0.05, 0.1) is 5.56 Å². The number of nitrogens with zero attached hydrogens (tertiary/aromatic N) is 3. The van der Waals surface area contributed by atoms with Crippen molar-refractivity contribution in [1.82, 2.24) is 9.99 Å². The summed E-state index contributed by atoms with van der Waals surface area (Å²) in [6, 6.07) is 10.4. The molecule has 1 amide bonds. The van der Waals surface area contributed by atoms with E-state index in [1.54, 1.807) is 48.8 Å². The van der Waals surface area contributed by atoms with E-state index in [9.17, 15) is 9.59 Å². The van der Waals surface area contributed by atoms with E-state index >= 15 is 0 Å². The molecule has 1 aromatic heterocycles. The average molecular weight is 325 g/mol. The van der Waals surface area contributed by atoms with Crippen LogP contribution in [0.5, 0.6) is 5.75 Å². The first-order valence-corrected chi connectivity index (χ1v) is 7.29. The van der Waals surface area contributed by atoms with Crippen molar-refractivity contribution in [3.63, 3.8) is 0 Å². The predicted octanol–water partition coefficient (Wildman–Crippen LogP) is 2.25. The van der Waals surface area contributed by atoms with Crippen LogP contribution in [-0.4, -0.2) is 27.8 Å². The fraction of sp³-hybridized carbons (Fsp3) is 0.176. The Morgan fingerprint density at radius 3 is 2.50 bits per heavy atom. The Bertz CT molecular complexity index is 804. The third-order valence-corrected chi connectivity index (χ3v) is 3.33. The Morgan fingerprint density at radius 2 is 1.83 bits per heavy atom. The lowest BCUT2D eigenvalue weighted by Gasteiger charge is -2.19. The number of esters is 1. The first kappa shape index (κ1) is 15.7. The van der Waals surface area contributed by atoms with Gasteiger partial charge >= 0.3 is 5.97 Å². The minimum absolute atomic E-state index is 0.212. The van der Waals surface area contributed by atoms with Gasteiger partial charge in [-0.25, -0.2) is 0 Å². The average Bonchev–Trinajstić information content (AvgIpc) is 3.01. The largest absolute Gasteiger partial charge is 0.446 e. The summed E-state index contributed by atoms with van der Waals surface area (Å²) in [5, 5.41) is 5.50. The molecule has 1 aliphatic rings. The topological polar surface area (TPSA) is 81.1 Å². The monoisotopic (exact) mass is 325 g/mol. The number of amides is 1. The molecule has 0 radical (unpaired) electrons. The van der Waals surface area contributed by atoms with Crippen molar-refractivity contribution in [2.45, 2.75) is 20.1 Å². The molecular formula is C17H15N3O4. The van der Waals surface area contributed by atoms with Crippen LogP contribution >= 0.6 is 0 Å². The Labute approximate surface area is 138 Å². The van der Waals surface area contributed by atoms with Crippen LogP contribution in [0.1, 0.15) is 31.2 Å². The summed E-state index contributed by atoms with van der Waals surface area (Å²) in [7, 11) is 0. The van der Waals surface area contributed by atoms with Crippen LogP contribution in [0.3, 0.4) is 0 Å². The van der Waals surface area contributed by atoms with E-state index < -0.39 is 12.2 Å². The number of para-hydroxylation sites is 1. The summed E-state index contributed by atoms with van der Waals surface area (Å²) in [5.74, 6) is -0.182. The molecule has 1 aliphatic heterocycles. The number of hydrogen-bond acceptors (Lipinski definition) is 6. The second-order valence-electron chi connectivity index (χ2n) is 5.11. The van der Waals surface area contributed by atoms with Crippen molar-refractivity contribution in [2.24, 2.45) is 5.10 Å². The molecule has 122 valence electrons. The van der Waals surface area contributed by atoms with Gasteiger partial charge in [-0.05, 0) is 24.3 Å². The lowest BCUT2D eigenvalue weighted by molar-refractivity contribution is -0.135. The lowest BCUT2D eigenvalue weighted by Crippen LogP contribution is -2.25. The number of ether oxygens (including phenoxy) is 2. The first-order valence-electron chi connectivity index (χ1n) is 7.29. The van der Waals surface area contributed by atoms with E-state index in [2.05, 4.69) is 10.1 Å². The van der Waals surface area contributed by atoms with Crippen molar-refractivity contribution in [3.05, 3.63) is 59.9 Å². The number of rotatable bonds is 3. The van der Waals surface area contributed by atoms with E-state index in [0.29, 0.717) is 11.3 Å². The zero-order chi connectivity index (χ0) is 17.1.